The Morgan fingerprint density at radius 2 is 1.63 bits per heavy atom. The summed E-state index contributed by atoms with van der Waals surface area (Å²) in [6.07, 6.45) is 2.43. The molecule has 0 aliphatic rings. The summed E-state index contributed by atoms with van der Waals surface area (Å²) in [7, 11) is -3.51. The smallest absolute Gasteiger partial charge is 0.242 e. The van der Waals surface area contributed by atoms with Crippen LogP contribution >= 0.6 is 0 Å². The van der Waals surface area contributed by atoms with Crippen molar-refractivity contribution in [3.8, 4) is 0 Å². The highest BCUT2D eigenvalue weighted by Crippen LogP contribution is 2.20. The summed E-state index contributed by atoms with van der Waals surface area (Å²) in [4.78, 5) is 27.8. The molecule has 0 saturated carbocycles. The molecular weight excluding hydrogens is 462 g/mol. The Balaban J connectivity index is 2.18. The van der Waals surface area contributed by atoms with Crippen LogP contribution in [-0.2, 0) is 26.2 Å². The highest BCUT2D eigenvalue weighted by atomic mass is 32.2. The van der Waals surface area contributed by atoms with Gasteiger partial charge in [0.2, 0.25) is 21.8 Å². The maximum absolute atomic E-state index is 13.4. The van der Waals surface area contributed by atoms with Crippen molar-refractivity contribution in [2.75, 3.05) is 17.1 Å². The average Bonchev–Trinajstić information content (AvgIpc) is 2.80. The van der Waals surface area contributed by atoms with Crippen LogP contribution in [0, 0.1) is 13.8 Å². The van der Waals surface area contributed by atoms with Gasteiger partial charge in [-0.25, -0.2) is 8.42 Å². The van der Waals surface area contributed by atoms with Crippen LogP contribution in [0.25, 0.3) is 0 Å². The zero-order valence-electron chi connectivity index (χ0n) is 21.7. The lowest BCUT2D eigenvalue weighted by Gasteiger charge is -2.30. The third-order valence-corrected chi connectivity index (χ3v) is 7.44. The Morgan fingerprint density at radius 3 is 2.20 bits per heavy atom. The van der Waals surface area contributed by atoms with Crippen molar-refractivity contribution in [3.63, 3.8) is 0 Å². The molecule has 0 unspecified atom stereocenters. The molecule has 0 heterocycles. The molecule has 2 atom stereocenters. The highest BCUT2D eigenvalue weighted by Gasteiger charge is 2.27. The second-order valence-corrected chi connectivity index (χ2v) is 11.1. The predicted octanol–water partition coefficient (Wildman–Crippen LogP) is 4.18. The van der Waals surface area contributed by atoms with Crippen LogP contribution in [0.2, 0.25) is 0 Å². The van der Waals surface area contributed by atoms with E-state index in [4.69, 9.17) is 0 Å². The van der Waals surface area contributed by atoms with E-state index in [1.54, 1.807) is 24.0 Å². The van der Waals surface area contributed by atoms with E-state index in [1.165, 1.54) is 10.6 Å². The van der Waals surface area contributed by atoms with Gasteiger partial charge in [0.25, 0.3) is 0 Å². The van der Waals surface area contributed by atoms with Gasteiger partial charge in [-0.2, -0.15) is 0 Å². The van der Waals surface area contributed by atoms with Crippen LogP contribution in [-0.4, -0.2) is 50.0 Å². The van der Waals surface area contributed by atoms with Crippen LogP contribution in [0.15, 0.2) is 48.5 Å². The highest BCUT2D eigenvalue weighted by molar-refractivity contribution is 7.92. The molecule has 2 rings (SSSR count). The van der Waals surface area contributed by atoms with Gasteiger partial charge in [-0.3, -0.25) is 13.9 Å². The van der Waals surface area contributed by atoms with Crippen molar-refractivity contribution in [2.24, 2.45) is 0 Å². The summed E-state index contributed by atoms with van der Waals surface area (Å²) in [6, 6.07) is 14.4. The number of carbonyl (C=O) groups excluding carboxylic acids is 2. The van der Waals surface area contributed by atoms with Gasteiger partial charge in [0.05, 0.1) is 11.9 Å². The number of hydrogen-bond acceptors (Lipinski definition) is 4. The standard InChI is InChI=1S/C27H39N3O4S/c1-7-22(4)28-27(32)23(5)29(19-24-12-9-8-11-21(24)3)26(31)13-10-18-30(35(6,33)34)25-16-14-20(2)15-17-25/h8-9,11-12,14-17,22-23H,7,10,13,18-19H2,1-6H3,(H,28,32)/t22-,23+/m0/s1. The zero-order valence-corrected chi connectivity index (χ0v) is 22.6. The normalized spacial score (nSPS) is 13.1. The van der Waals surface area contributed by atoms with Gasteiger partial charge in [-0.1, -0.05) is 48.9 Å². The third-order valence-electron chi connectivity index (χ3n) is 6.24. The van der Waals surface area contributed by atoms with Gasteiger partial charge in [0, 0.05) is 25.6 Å². The Labute approximate surface area is 210 Å². The molecule has 2 amide bonds. The number of nitrogens with one attached hydrogen (secondary N) is 1. The van der Waals surface area contributed by atoms with Crippen molar-refractivity contribution in [1.82, 2.24) is 10.2 Å². The average molecular weight is 502 g/mol. The number of hydrogen-bond donors (Lipinski definition) is 1. The lowest BCUT2D eigenvalue weighted by atomic mass is 10.1. The maximum atomic E-state index is 13.4. The van der Waals surface area contributed by atoms with E-state index in [2.05, 4.69) is 5.32 Å². The molecule has 2 aromatic rings. The van der Waals surface area contributed by atoms with Crippen molar-refractivity contribution in [1.29, 1.82) is 0 Å². The number of nitrogens with zero attached hydrogens (tertiary/aromatic N) is 2. The Kier molecular flexibility index (Phi) is 10.3. The first-order valence-electron chi connectivity index (χ1n) is 12.1. The van der Waals surface area contributed by atoms with E-state index >= 15 is 0 Å². The molecular formula is C27H39N3O4S. The monoisotopic (exact) mass is 501 g/mol. The second-order valence-electron chi connectivity index (χ2n) is 9.22. The quantitative estimate of drug-likeness (QED) is 0.473. The van der Waals surface area contributed by atoms with E-state index in [-0.39, 0.29) is 30.8 Å². The van der Waals surface area contributed by atoms with Crippen molar-refractivity contribution in [2.45, 2.75) is 72.5 Å². The van der Waals surface area contributed by atoms with Gasteiger partial charge in [0.15, 0.2) is 0 Å². The molecule has 0 spiro atoms. The minimum Gasteiger partial charge on any atom is -0.352 e. The largest absolute Gasteiger partial charge is 0.352 e. The van der Waals surface area contributed by atoms with Crippen LogP contribution < -0.4 is 9.62 Å². The SMILES string of the molecule is CC[C@H](C)NC(=O)[C@@H](C)N(Cc1ccccc1C)C(=O)CCCN(c1ccc(C)cc1)S(C)(=O)=O. The number of sulfonamides is 1. The molecule has 1 N–H and O–H groups in total. The Morgan fingerprint density at radius 1 is 1.00 bits per heavy atom. The molecule has 8 heteroatoms. The molecule has 2 aromatic carbocycles. The summed E-state index contributed by atoms with van der Waals surface area (Å²) in [6.45, 7) is 10.1. The van der Waals surface area contributed by atoms with Crippen molar-refractivity contribution < 1.29 is 18.0 Å². The summed E-state index contributed by atoms with van der Waals surface area (Å²) in [5, 5.41) is 2.96. The molecule has 0 aliphatic carbocycles. The van der Waals surface area contributed by atoms with Gasteiger partial charge in [0.1, 0.15) is 6.04 Å². The molecule has 0 fully saturated rings. The summed E-state index contributed by atoms with van der Waals surface area (Å²) in [5.41, 5.74) is 3.63. The lowest BCUT2D eigenvalue weighted by Crippen LogP contribution is -2.49. The molecule has 0 radical (unpaired) electrons. The number of benzene rings is 2. The molecule has 0 bridgehead atoms. The summed E-state index contributed by atoms with van der Waals surface area (Å²) in [5.74, 6) is -0.379. The predicted molar refractivity (Wildman–Crippen MR) is 142 cm³/mol. The van der Waals surface area contributed by atoms with Crippen molar-refractivity contribution in [3.05, 3.63) is 65.2 Å². The number of carbonyl (C=O) groups is 2. The lowest BCUT2D eigenvalue weighted by molar-refractivity contribution is -0.140. The molecule has 0 saturated heterocycles. The van der Waals surface area contributed by atoms with E-state index < -0.39 is 16.1 Å². The third kappa shape index (κ3) is 8.38. The minimum atomic E-state index is -3.51. The fourth-order valence-corrected chi connectivity index (χ4v) is 4.70. The van der Waals surface area contributed by atoms with Gasteiger partial charge in [-0.15, -0.1) is 0 Å². The van der Waals surface area contributed by atoms with E-state index in [1.807, 2.05) is 64.1 Å². The van der Waals surface area contributed by atoms with Gasteiger partial charge < -0.3 is 10.2 Å². The summed E-state index contributed by atoms with van der Waals surface area (Å²) < 4.78 is 26.1. The Hall–Kier alpha value is -2.87. The fraction of sp³-hybridized carbons (Fsp3) is 0.481. The van der Waals surface area contributed by atoms with E-state index in [0.29, 0.717) is 18.7 Å². The van der Waals surface area contributed by atoms with Crippen LogP contribution in [0.3, 0.4) is 0 Å². The first-order chi connectivity index (χ1) is 16.4. The van der Waals surface area contributed by atoms with Gasteiger partial charge >= 0.3 is 0 Å². The number of rotatable bonds is 12. The van der Waals surface area contributed by atoms with Crippen LogP contribution in [0.1, 0.15) is 56.7 Å². The topological polar surface area (TPSA) is 86.8 Å². The zero-order chi connectivity index (χ0) is 26.2. The van der Waals surface area contributed by atoms with E-state index in [0.717, 1.165) is 23.1 Å². The fourth-order valence-electron chi connectivity index (χ4n) is 3.73. The first kappa shape index (κ1) is 28.4. The molecule has 0 aliphatic heterocycles. The van der Waals surface area contributed by atoms with Gasteiger partial charge in [-0.05, 0) is 63.8 Å². The summed E-state index contributed by atoms with van der Waals surface area (Å²) >= 11 is 0. The van der Waals surface area contributed by atoms with E-state index in [9.17, 15) is 18.0 Å². The van der Waals surface area contributed by atoms with Crippen molar-refractivity contribution >= 4 is 27.5 Å². The number of aryl methyl sites for hydroxylation is 2. The van der Waals surface area contributed by atoms with Crippen LogP contribution in [0.5, 0.6) is 0 Å². The molecule has 35 heavy (non-hydrogen) atoms. The number of amides is 2. The number of anilines is 1. The molecule has 192 valence electrons. The molecule has 0 aromatic heterocycles. The minimum absolute atomic E-state index is 0.0122. The van der Waals surface area contributed by atoms with Crippen LogP contribution in [0.4, 0.5) is 5.69 Å². The Bertz CT molecular complexity index is 1100. The maximum Gasteiger partial charge on any atom is 0.242 e. The molecule has 7 nitrogen and oxygen atoms in total. The first-order valence-corrected chi connectivity index (χ1v) is 14.0. The second kappa shape index (κ2) is 12.7.